The van der Waals surface area contributed by atoms with Crippen LogP contribution in [-0.4, -0.2) is 34.0 Å². The smallest absolute Gasteiger partial charge is 0.376 e. The molecular weight excluding hydrogens is 312 g/mol. The third kappa shape index (κ3) is 4.58. The Morgan fingerprint density at radius 1 is 1.05 bits per heavy atom. The van der Waals surface area contributed by atoms with Crippen LogP contribution in [0.3, 0.4) is 0 Å². The number of benzene rings is 1. The van der Waals surface area contributed by atoms with Gasteiger partial charge in [-0.1, -0.05) is 30.8 Å². The first-order valence-corrected chi connectivity index (χ1v) is 11.1. The number of hydrogen-bond acceptors (Lipinski definition) is 4. The van der Waals surface area contributed by atoms with E-state index in [1.165, 1.54) is 15.0 Å². The minimum absolute atomic E-state index is 0.149. The van der Waals surface area contributed by atoms with Gasteiger partial charge in [0.25, 0.3) is 0 Å². The zero-order valence-corrected chi connectivity index (χ0v) is 16.2. The fraction of sp³-hybridized carbons (Fsp3) is 0.647. The average Bonchev–Trinajstić information content (AvgIpc) is 3.21. The Labute approximate surface area is 140 Å². The van der Waals surface area contributed by atoms with E-state index in [1.54, 1.807) is 0 Å². The zero-order chi connectivity index (χ0) is 16.2. The summed E-state index contributed by atoms with van der Waals surface area (Å²) in [6.45, 7) is 12.0. The van der Waals surface area contributed by atoms with E-state index in [-0.39, 0.29) is 12.2 Å². The van der Waals surface area contributed by atoms with Crippen molar-refractivity contribution in [2.45, 2.75) is 69.1 Å². The van der Waals surface area contributed by atoms with Gasteiger partial charge >= 0.3 is 8.56 Å². The van der Waals surface area contributed by atoms with Crippen molar-refractivity contribution in [3.05, 3.63) is 18.2 Å². The Hall–Kier alpha value is -0.333. The van der Waals surface area contributed by atoms with Gasteiger partial charge in [0.2, 0.25) is 0 Å². The second-order valence-electron chi connectivity index (χ2n) is 6.18. The quantitative estimate of drug-likeness (QED) is 0.370. The molecule has 0 N–H and O–H groups in total. The highest BCUT2D eigenvalue weighted by Gasteiger charge is 2.46. The molecule has 1 aromatic rings. The molecule has 5 heteroatoms. The van der Waals surface area contributed by atoms with Gasteiger partial charge in [0.05, 0.1) is 0 Å². The molecule has 124 valence electrons. The Morgan fingerprint density at radius 3 is 2.32 bits per heavy atom. The van der Waals surface area contributed by atoms with E-state index in [1.807, 2.05) is 11.8 Å². The highest BCUT2D eigenvalue weighted by Crippen LogP contribution is 2.47. The van der Waals surface area contributed by atoms with Crippen LogP contribution in [0.4, 0.5) is 0 Å². The Morgan fingerprint density at radius 2 is 1.73 bits per heavy atom. The van der Waals surface area contributed by atoms with Crippen molar-refractivity contribution in [2.75, 3.05) is 13.2 Å². The van der Waals surface area contributed by atoms with Crippen molar-refractivity contribution in [1.82, 2.24) is 0 Å². The number of hydrogen-bond donors (Lipinski definition) is 0. The maximum Gasteiger partial charge on any atom is 0.376 e. The molecule has 22 heavy (non-hydrogen) atoms. The normalized spacial score (nSPS) is 13.8. The minimum Gasteiger partial charge on any atom is -0.388 e. The number of ether oxygens (including phenoxy) is 1. The Bertz CT molecular complexity index is 481. The molecule has 1 aliphatic rings. The third-order valence-corrected chi connectivity index (χ3v) is 8.32. The predicted octanol–water partition coefficient (Wildman–Crippen LogP) is 4.08. The fourth-order valence-electron chi connectivity index (χ4n) is 2.61. The summed E-state index contributed by atoms with van der Waals surface area (Å²) in [5, 5.41) is 1.29. The summed E-state index contributed by atoms with van der Waals surface area (Å²) in [6, 6.07) is 7.33. The van der Waals surface area contributed by atoms with Crippen LogP contribution in [0.25, 0.3) is 0 Å². The maximum atomic E-state index is 6.45. The van der Waals surface area contributed by atoms with E-state index >= 15 is 0 Å². The summed E-state index contributed by atoms with van der Waals surface area (Å²) in [7, 11) is -2.49. The fourth-order valence-corrected chi connectivity index (χ4v) is 7.57. The van der Waals surface area contributed by atoms with Gasteiger partial charge in [-0.3, -0.25) is 0 Å². The lowest BCUT2D eigenvalue weighted by atomic mass is 10.4. The lowest BCUT2D eigenvalue weighted by Crippen LogP contribution is -2.57. The van der Waals surface area contributed by atoms with E-state index in [2.05, 4.69) is 52.8 Å². The van der Waals surface area contributed by atoms with Gasteiger partial charge < -0.3 is 13.6 Å². The van der Waals surface area contributed by atoms with Crippen molar-refractivity contribution in [3.63, 3.8) is 0 Å². The molecule has 0 spiro atoms. The van der Waals surface area contributed by atoms with Gasteiger partial charge in [-0.25, -0.2) is 0 Å². The lowest BCUT2D eigenvalue weighted by molar-refractivity contribution is 0.0965. The average molecular weight is 341 g/mol. The summed E-state index contributed by atoms with van der Waals surface area (Å²) in [6.07, 6.45) is 1.34. The molecule has 1 aliphatic heterocycles. The van der Waals surface area contributed by atoms with Crippen LogP contribution >= 0.6 is 11.8 Å². The summed E-state index contributed by atoms with van der Waals surface area (Å²) < 4.78 is 18.7. The van der Waals surface area contributed by atoms with Gasteiger partial charge in [0, 0.05) is 46.4 Å². The van der Waals surface area contributed by atoms with Crippen LogP contribution in [-0.2, 0) is 13.6 Å². The molecule has 0 aliphatic carbocycles. The molecule has 0 unspecified atom stereocenters. The lowest BCUT2D eigenvalue weighted by Gasteiger charge is -2.34. The molecule has 1 heterocycles. The van der Waals surface area contributed by atoms with Crippen molar-refractivity contribution in [1.29, 1.82) is 0 Å². The molecular formula is C17H28O3SSi. The van der Waals surface area contributed by atoms with Gasteiger partial charge in [0.1, 0.15) is 0 Å². The first kappa shape index (κ1) is 18.0. The van der Waals surface area contributed by atoms with Gasteiger partial charge in [-0.15, -0.1) is 0 Å². The highest BCUT2D eigenvalue weighted by atomic mass is 32.2. The number of fused-ring (bicyclic) bond motifs is 1. The first-order chi connectivity index (χ1) is 10.5. The molecule has 3 nitrogen and oxygen atoms in total. The molecule has 0 aromatic heterocycles. The standard InChI is InChI=1S/C17H28O3SSi/c1-6-10-18-11-12-22(19-13(2)3,20-14(4)5)16-9-7-8-15-17(16)21-15/h7-9,13-14H,6,10-12H2,1-5H3. The molecule has 0 amide bonds. The van der Waals surface area contributed by atoms with Crippen LogP contribution in [0.2, 0.25) is 6.04 Å². The van der Waals surface area contributed by atoms with E-state index in [0.29, 0.717) is 6.61 Å². The SMILES string of the molecule is CCCOCC[Si](OC(C)C)(OC(C)C)c1cccc2c1S2. The summed E-state index contributed by atoms with van der Waals surface area (Å²) in [5.74, 6) is 0. The molecule has 0 radical (unpaired) electrons. The molecule has 0 saturated carbocycles. The predicted molar refractivity (Wildman–Crippen MR) is 94.3 cm³/mol. The van der Waals surface area contributed by atoms with E-state index < -0.39 is 8.56 Å². The second kappa shape index (κ2) is 7.97. The summed E-state index contributed by atoms with van der Waals surface area (Å²) in [5.41, 5.74) is 0. The largest absolute Gasteiger partial charge is 0.388 e. The molecule has 2 rings (SSSR count). The molecule has 1 aromatic carbocycles. The third-order valence-electron chi connectivity index (χ3n) is 3.34. The molecule has 0 bridgehead atoms. The van der Waals surface area contributed by atoms with Crippen LogP contribution in [0, 0.1) is 0 Å². The van der Waals surface area contributed by atoms with Gasteiger partial charge in [-0.2, -0.15) is 0 Å². The zero-order valence-electron chi connectivity index (χ0n) is 14.3. The topological polar surface area (TPSA) is 27.7 Å². The minimum atomic E-state index is -2.49. The van der Waals surface area contributed by atoms with Crippen LogP contribution in [0.15, 0.2) is 28.0 Å². The molecule has 0 atom stereocenters. The first-order valence-electron chi connectivity index (χ1n) is 8.23. The van der Waals surface area contributed by atoms with Crippen LogP contribution in [0.1, 0.15) is 41.0 Å². The van der Waals surface area contributed by atoms with Crippen LogP contribution in [0.5, 0.6) is 0 Å². The maximum absolute atomic E-state index is 6.45. The van der Waals surface area contributed by atoms with Crippen molar-refractivity contribution in [3.8, 4) is 0 Å². The molecule has 0 saturated heterocycles. The van der Waals surface area contributed by atoms with E-state index in [0.717, 1.165) is 19.1 Å². The van der Waals surface area contributed by atoms with Gasteiger partial charge in [0.15, 0.2) is 0 Å². The second-order valence-corrected chi connectivity index (χ2v) is 10.3. The highest BCUT2D eigenvalue weighted by molar-refractivity contribution is 8.05. The monoisotopic (exact) mass is 340 g/mol. The van der Waals surface area contributed by atoms with Gasteiger partial charge in [-0.05, 0) is 40.2 Å². The van der Waals surface area contributed by atoms with Crippen LogP contribution < -0.4 is 5.19 Å². The summed E-state index contributed by atoms with van der Waals surface area (Å²) in [4.78, 5) is 2.73. The van der Waals surface area contributed by atoms with Crippen molar-refractivity contribution >= 4 is 25.5 Å². The van der Waals surface area contributed by atoms with Crippen molar-refractivity contribution in [2.24, 2.45) is 0 Å². The Balaban J connectivity index is 2.25. The summed E-state index contributed by atoms with van der Waals surface area (Å²) >= 11 is 1.84. The van der Waals surface area contributed by atoms with Crippen molar-refractivity contribution < 1.29 is 13.6 Å². The number of rotatable bonds is 10. The molecule has 0 fully saturated rings. The van der Waals surface area contributed by atoms with E-state index in [4.69, 9.17) is 13.6 Å². The van der Waals surface area contributed by atoms with E-state index in [9.17, 15) is 0 Å². The Kier molecular flexibility index (Phi) is 6.53.